The van der Waals surface area contributed by atoms with Crippen molar-refractivity contribution < 1.29 is 19.1 Å². The van der Waals surface area contributed by atoms with Crippen LogP contribution in [0.15, 0.2) is 84.9 Å². The van der Waals surface area contributed by atoms with E-state index in [-0.39, 0.29) is 23.9 Å². The molecule has 4 aliphatic heterocycles. The molecule has 3 atom stereocenters. The summed E-state index contributed by atoms with van der Waals surface area (Å²) in [6, 6.07) is 28.4. The van der Waals surface area contributed by atoms with Gasteiger partial charge in [0, 0.05) is 76.9 Å². The summed E-state index contributed by atoms with van der Waals surface area (Å²) in [6.45, 7) is 6.30. The van der Waals surface area contributed by atoms with Crippen molar-refractivity contribution in [3.8, 4) is 5.75 Å². The fraction of sp³-hybridized carbons (Fsp3) is 0.400. The average molecular weight is 675 g/mol. The Labute approximate surface area is 293 Å². The number of nitrogens with zero attached hydrogens (tertiary/aromatic N) is 5. The number of morpholine rings is 1. The molecule has 10 heteroatoms. The summed E-state index contributed by atoms with van der Waals surface area (Å²) in [6.07, 6.45) is 0.740. The minimum Gasteiger partial charge on any atom is -0.487 e. The third-order valence-corrected chi connectivity index (χ3v) is 11.2. The van der Waals surface area contributed by atoms with Crippen LogP contribution >= 0.6 is 0 Å². The summed E-state index contributed by atoms with van der Waals surface area (Å²) < 4.78 is 11.7. The highest BCUT2D eigenvalue weighted by molar-refractivity contribution is 6.09. The number of rotatable bonds is 10. The number of amides is 3. The molecule has 0 saturated carbocycles. The van der Waals surface area contributed by atoms with Gasteiger partial charge in [-0.3, -0.25) is 19.5 Å². The first-order chi connectivity index (χ1) is 24.3. The number of ether oxygens (including phenoxy) is 2. The summed E-state index contributed by atoms with van der Waals surface area (Å²) in [4.78, 5) is 39.6. The van der Waals surface area contributed by atoms with E-state index in [2.05, 4.69) is 65.2 Å². The number of carbonyl (C=O) groups excluding carboxylic acids is 2. The highest BCUT2D eigenvalue weighted by atomic mass is 16.5. The predicted octanol–water partition coefficient (Wildman–Crippen LogP) is 4.98. The van der Waals surface area contributed by atoms with Crippen LogP contribution in [0.25, 0.3) is 10.8 Å². The molecule has 4 aromatic rings. The van der Waals surface area contributed by atoms with Crippen LogP contribution in [0.4, 0.5) is 16.2 Å². The summed E-state index contributed by atoms with van der Waals surface area (Å²) in [5, 5.41) is 2.28. The van der Waals surface area contributed by atoms with Gasteiger partial charge in [-0.25, -0.2) is 4.79 Å². The molecule has 10 nitrogen and oxygen atoms in total. The largest absolute Gasteiger partial charge is 0.487 e. The molecule has 0 aliphatic carbocycles. The molecule has 4 saturated heterocycles. The van der Waals surface area contributed by atoms with Crippen LogP contribution in [0.5, 0.6) is 5.75 Å². The Bertz CT molecular complexity index is 1900. The minimum atomic E-state index is -0.908. The first kappa shape index (κ1) is 32.6. The van der Waals surface area contributed by atoms with Gasteiger partial charge in [0.15, 0.2) is 0 Å². The lowest BCUT2D eigenvalue weighted by Crippen LogP contribution is -2.51. The number of carbonyl (C=O) groups is 2. The van der Waals surface area contributed by atoms with E-state index in [0.717, 1.165) is 59.2 Å². The standard InChI is InChI=1S/C40H46N6O4/c1-42(2)35-15-13-33(31-10-6-7-11-32(31)35)36-23-30-25-44(24-29-12-14-34(41)37(22-29)50-26-28-8-4-3-5-9-28)27-40(30)38(47)45(39(48)46(36)40)17-16-43-18-20-49-21-19-43/h3-15,22,30,36H,16-21,23-27,41H2,1-2H3. The monoisotopic (exact) mass is 674 g/mol. The first-order valence-corrected chi connectivity index (χ1v) is 17.8. The fourth-order valence-electron chi connectivity index (χ4n) is 8.73. The lowest BCUT2D eigenvalue weighted by molar-refractivity contribution is -0.133. The van der Waals surface area contributed by atoms with Gasteiger partial charge in [0.2, 0.25) is 0 Å². The number of hydrogen-bond donors (Lipinski definition) is 1. The van der Waals surface area contributed by atoms with Crippen LogP contribution in [-0.4, -0.2) is 104 Å². The van der Waals surface area contributed by atoms with Gasteiger partial charge in [0.05, 0.1) is 24.9 Å². The number of imide groups is 1. The maximum absolute atomic E-state index is 14.7. The molecule has 260 valence electrons. The van der Waals surface area contributed by atoms with Crippen LogP contribution < -0.4 is 15.4 Å². The molecular formula is C40H46N6O4. The minimum absolute atomic E-state index is 0.00667. The third-order valence-electron chi connectivity index (χ3n) is 11.2. The topological polar surface area (TPSA) is 94.8 Å². The lowest BCUT2D eigenvalue weighted by Gasteiger charge is -2.32. The maximum atomic E-state index is 14.7. The molecule has 2 N–H and O–H groups in total. The molecule has 0 aromatic heterocycles. The molecule has 4 heterocycles. The number of benzene rings is 4. The van der Waals surface area contributed by atoms with Crippen molar-refractivity contribution in [2.45, 2.75) is 31.2 Å². The molecule has 0 radical (unpaired) electrons. The van der Waals surface area contributed by atoms with E-state index in [1.165, 1.54) is 0 Å². The Balaban J connectivity index is 1.09. The Hall–Kier alpha value is -4.64. The number of nitrogen functional groups attached to an aromatic ring is 1. The number of hydrogen-bond acceptors (Lipinski definition) is 8. The van der Waals surface area contributed by atoms with Crippen molar-refractivity contribution in [3.63, 3.8) is 0 Å². The van der Waals surface area contributed by atoms with Gasteiger partial charge in [-0.05, 0) is 46.7 Å². The lowest BCUT2D eigenvalue weighted by atomic mass is 9.87. The van der Waals surface area contributed by atoms with Gasteiger partial charge in [0.25, 0.3) is 5.91 Å². The highest BCUT2D eigenvalue weighted by Gasteiger charge is 2.70. The molecule has 0 bridgehead atoms. The maximum Gasteiger partial charge on any atom is 0.328 e. The average Bonchev–Trinajstić information content (AvgIpc) is 3.71. The zero-order valence-corrected chi connectivity index (χ0v) is 29.0. The second kappa shape index (κ2) is 13.2. The van der Waals surface area contributed by atoms with E-state index in [9.17, 15) is 9.59 Å². The van der Waals surface area contributed by atoms with Crippen LogP contribution in [0, 0.1) is 5.92 Å². The Kier molecular flexibility index (Phi) is 8.62. The molecule has 4 aromatic carbocycles. The van der Waals surface area contributed by atoms with Crippen molar-refractivity contribution in [2.24, 2.45) is 5.92 Å². The van der Waals surface area contributed by atoms with Crippen molar-refractivity contribution in [1.82, 2.24) is 19.6 Å². The van der Waals surface area contributed by atoms with Crippen molar-refractivity contribution in [1.29, 1.82) is 0 Å². The molecule has 50 heavy (non-hydrogen) atoms. The van der Waals surface area contributed by atoms with E-state index >= 15 is 0 Å². The van der Waals surface area contributed by atoms with Gasteiger partial charge in [-0.15, -0.1) is 0 Å². The third kappa shape index (κ3) is 5.65. The van der Waals surface area contributed by atoms with Crippen LogP contribution in [0.2, 0.25) is 0 Å². The fourth-order valence-corrected chi connectivity index (χ4v) is 8.73. The molecular weight excluding hydrogens is 628 g/mol. The second-order valence-electron chi connectivity index (χ2n) is 14.4. The van der Waals surface area contributed by atoms with E-state index in [0.29, 0.717) is 57.4 Å². The Morgan fingerprint density at radius 2 is 1.64 bits per heavy atom. The molecule has 3 unspecified atom stereocenters. The van der Waals surface area contributed by atoms with Crippen molar-refractivity contribution >= 4 is 34.1 Å². The van der Waals surface area contributed by atoms with Gasteiger partial charge in [-0.2, -0.15) is 0 Å². The number of anilines is 2. The quantitative estimate of drug-likeness (QED) is 0.186. The highest BCUT2D eigenvalue weighted by Crippen LogP contribution is 2.56. The predicted molar refractivity (Wildman–Crippen MR) is 195 cm³/mol. The Morgan fingerprint density at radius 3 is 2.42 bits per heavy atom. The van der Waals surface area contributed by atoms with Crippen molar-refractivity contribution in [2.75, 3.05) is 77.2 Å². The molecule has 4 aliphatic rings. The van der Waals surface area contributed by atoms with E-state index in [1.54, 1.807) is 4.90 Å². The summed E-state index contributed by atoms with van der Waals surface area (Å²) in [5.41, 5.74) is 10.4. The second-order valence-corrected chi connectivity index (χ2v) is 14.4. The smallest absolute Gasteiger partial charge is 0.328 e. The molecule has 8 rings (SSSR count). The van der Waals surface area contributed by atoms with Crippen molar-refractivity contribution in [3.05, 3.63) is 102 Å². The first-order valence-electron chi connectivity index (χ1n) is 17.8. The molecule has 4 fully saturated rings. The zero-order chi connectivity index (χ0) is 34.4. The number of fused-ring (bicyclic) bond motifs is 1. The number of nitrogens with two attached hydrogens (primary N) is 1. The van der Waals surface area contributed by atoms with Crippen LogP contribution in [0.3, 0.4) is 0 Å². The van der Waals surface area contributed by atoms with Gasteiger partial charge < -0.3 is 25.0 Å². The van der Waals surface area contributed by atoms with E-state index < -0.39 is 5.54 Å². The van der Waals surface area contributed by atoms with Gasteiger partial charge >= 0.3 is 6.03 Å². The molecule has 3 amide bonds. The van der Waals surface area contributed by atoms with Gasteiger partial charge in [-0.1, -0.05) is 66.7 Å². The Morgan fingerprint density at radius 1 is 0.880 bits per heavy atom. The number of likely N-dealkylation sites (tertiary alicyclic amines) is 1. The summed E-state index contributed by atoms with van der Waals surface area (Å²) in [7, 11) is 4.11. The molecule has 1 spiro atoms. The van der Waals surface area contributed by atoms with E-state index in [4.69, 9.17) is 15.2 Å². The normalized spacial score (nSPS) is 23.9. The zero-order valence-electron chi connectivity index (χ0n) is 29.0. The van der Waals surface area contributed by atoms with Crippen LogP contribution in [-0.2, 0) is 22.7 Å². The van der Waals surface area contributed by atoms with Gasteiger partial charge in [0.1, 0.15) is 17.9 Å². The summed E-state index contributed by atoms with van der Waals surface area (Å²) in [5.74, 6) is 0.608. The number of urea groups is 1. The van der Waals surface area contributed by atoms with Crippen LogP contribution in [0.1, 0.15) is 29.2 Å². The van der Waals surface area contributed by atoms with E-state index in [1.807, 2.05) is 53.4 Å². The summed E-state index contributed by atoms with van der Waals surface area (Å²) >= 11 is 0. The SMILES string of the molecule is CN(C)c1ccc(C2CC3CN(Cc4ccc(N)c(OCc5ccccc5)c4)CC34C(=O)N(CCN3CCOCC3)C(=O)N24)c2ccccc12.